The SMILES string of the molecule is Cc1cc(C(F)(F)F)nn1-c1ccc(Oc2cc3c(ncn3C)c(-c3ccccc3OC(F)(F)F)n2)cc1. The molecular weight excluding hydrogens is 516 g/mol. The summed E-state index contributed by atoms with van der Waals surface area (Å²) in [6.07, 6.45) is -8.00. The van der Waals surface area contributed by atoms with Crippen LogP contribution in [0.1, 0.15) is 11.4 Å². The zero-order valence-electron chi connectivity index (χ0n) is 19.7. The first-order valence-electron chi connectivity index (χ1n) is 11.0. The summed E-state index contributed by atoms with van der Waals surface area (Å²) in [6, 6.07) is 14.1. The van der Waals surface area contributed by atoms with E-state index in [2.05, 4.69) is 19.8 Å². The Balaban J connectivity index is 1.50. The summed E-state index contributed by atoms with van der Waals surface area (Å²) >= 11 is 0. The van der Waals surface area contributed by atoms with Crippen molar-refractivity contribution >= 4 is 11.0 Å². The molecule has 0 unspecified atom stereocenters. The molecule has 0 saturated carbocycles. The van der Waals surface area contributed by atoms with Gasteiger partial charge in [0.15, 0.2) is 5.69 Å². The largest absolute Gasteiger partial charge is 0.573 e. The van der Waals surface area contributed by atoms with Gasteiger partial charge in [0, 0.05) is 24.4 Å². The molecule has 196 valence electrons. The molecule has 0 saturated heterocycles. The first-order valence-corrected chi connectivity index (χ1v) is 11.0. The van der Waals surface area contributed by atoms with Gasteiger partial charge in [-0.3, -0.25) is 0 Å². The van der Waals surface area contributed by atoms with Crippen molar-refractivity contribution in [2.24, 2.45) is 7.05 Å². The lowest BCUT2D eigenvalue weighted by Crippen LogP contribution is -2.17. The van der Waals surface area contributed by atoms with Gasteiger partial charge in [0.1, 0.15) is 22.7 Å². The summed E-state index contributed by atoms with van der Waals surface area (Å²) in [4.78, 5) is 8.68. The Morgan fingerprint density at radius 3 is 2.26 bits per heavy atom. The molecule has 38 heavy (non-hydrogen) atoms. The average Bonchev–Trinajstić information content (AvgIpc) is 3.41. The number of rotatable bonds is 5. The number of pyridine rings is 1. The van der Waals surface area contributed by atoms with Crippen LogP contribution in [0.15, 0.2) is 67.0 Å². The molecule has 0 amide bonds. The molecule has 0 atom stereocenters. The highest BCUT2D eigenvalue weighted by Gasteiger charge is 2.35. The van der Waals surface area contributed by atoms with Gasteiger partial charge >= 0.3 is 12.5 Å². The summed E-state index contributed by atoms with van der Waals surface area (Å²) in [5, 5.41) is 3.62. The second kappa shape index (κ2) is 9.08. The number of hydrogen-bond acceptors (Lipinski definition) is 5. The Morgan fingerprint density at radius 2 is 1.61 bits per heavy atom. The van der Waals surface area contributed by atoms with E-state index in [0.29, 0.717) is 22.4 Å². The third kappa shape index (κ3) is 4.99. The first kappa shape index (κ1) is 25.1. The van der Waals surface area contributed by atoms with Gasteiger partial charge in [-0.15, -0.1) is 13.2 Å². The number of fused-ring (bicyclic) bond motifs is 1. The van der Waals surface area contributed by atoms with Gasteiger partial charge < -0.3 is 14.0 Å². The van der Waals surface area contributed by atoms with Crippen molar-refractivity contribution in [1.82, 2.24) is 24.3 Å². The number of ether oxygens (including phenoxy) is 2. The molecule has 7 nitrogen and oxygen atoms in total. The van der Waals surface area contributed by atoms with E-state index >= 15 is 0 Å². The normalized spacial score (nSPS) is 12.2. The second-order valence-corrected chi connectivity index (χ2v) is 8.25. The summed E-state index contributed by atoms with van der Waals surface area (Å²) < 4.78 is 90.9. The number of imidazole rings is 1. The first-order chi connectivity index (χ1) is 17.9. The molecule has 0 aliphatic rings. The Hall–Kier alpha value is -4.55. The molecule has 2 aromatic carbocycles. The lowest BCUT2D eigenvalue weighted by atomic mass is 10.1. The van der Waals surface area contributed by atoms with Crippen LogP contribution in [-0.2, 0) is 13.2 Å². The summed E-state index contributed by atoms with van der Waals surface area (Å²) in [7, 11) is 1.71. The van der Waals surface area contributed by atoms with Crippen LogP contribution in [0.3, 0.4) is 0 Å². The number of aromatic nitrogens is 5. The van der Waals surface area contributed by atoms with Crippen molar-refractivity contribution in [1.29, 1.82) is 0 Å². The fourth-order valence-corrected chi connectivity index (χ4v) is 3.87. The molecule has 0 spiro atoms. The van der Waals surface area contributed by atoms with Crippen molar-refractivity contribution in [2.45, 2.75) is 19.5 Å². The fourth-order valence-electron chi connectivity index (χ4n) is 3.87. The van der Waals surface area contributed by atoms with E-state index in [1.54, 1.807) is 23.7 Å². The molecule has 0 fully saturated rings. The minimum atomic E-state index is -4.91. The lowest BCUT2D eigenvalue weighted by Gasteiger charge is -2.14. The topological polar surface area (TPSA) is 67.0 Å². The van der Waals surface area contributed by atoms with Crippen LogP contribution in [0.2, 0.25) is 0 Å². The van der Waals surface area contributed by atoms with E-state index in [0.717, 1.165) is 10.7 Å². The van der Waals surface area contributed by atoms with E-state index < -0.39 is 24.0 Å². The zero-order chi connectivity index (χ0) is 27.2. The van der Waals surface area contributed by atoms with E-state index in [-0.39, 0.29) is 22.9 Å². The summed E-state index contributed by atoms with van der Waals surface area (Å²) in [5.74, 6) is -0.108. The number of alkyl halides is 6. The van der Waals surface area contributed by atoms with Gasteiger partial charge in [0.25, 0.3) is 0 Å². The minimum Gasteiger partial charge on any atom is -0.439 e. The minimum absolute atomic E-state index is 0.0558. The van der Waals surface area contributed by atoms with E-state index in [1.807, 2.05) is 0 Å². The predicted octanol–water partition coefficient (Wildman–Crippen LogP) is 6.84. The monoisotopic (exact) mass is 533 g/mol. The van der Waals surface area contributed by atoms with Crippen LogP contribution in [0.5, 0.6) is 17.4 Å². The van der Waals surface area contributed by atoms with E-state index in [4.69, 9.17) is 4.74 Å². The van der Waals surface area contributed by atoms with Gasteiger partial charge in [-0.2, -0.15) is 18.3 Å². The van der Waals surface area contributed by atoms with Crippen molar-refractivity contribution < 1.29 is 35.8 Å². The number of para-hydroxylation sites is 1. The van der Waals surface area contributed by atoms with E-state index in [1.165, 1.54) is 55.7 Å². The van der Waals surface area contributed by atoms with Crippen LogP contribution < -0.4 is 9.47 Å². The molecule has 13 heteroatoms. The number of halogens is 6. The highest BCUT2D eigenvalue weighted by atomic mass is 19.4. The van der Waals surface area contributed by atoms with Gasteiger partial charge in [0.2, 0.25) is 5.88 Å². The van der Waals surface area contributed by atoms with Crippen LogP contribution >= 0.6 is 0 Å². The van der Waals surface area contributed by atoms with Crippen molar-refractivity contribution in [2.75, 3.05) is 0 Å². The smallest absolute Gasteiger partial charge is 0.439 e. The molecule has 0 N–H and O–H groups in total. The highest BCUT2D eigenvalue weighted by molar-refractivity contribution is 5.92. The molecule has 0 bridgehead atoms. The van der Waals surface area contributed by atoms with Crippen molar-refractivity contribution in [3.05, 3.63) is 78.4 Å². The Morgan fingerprint density at radius 1 is 0.895 bits per heavy atom. The fraction of sp³-hybridized carbons (Fsp3) is 0.160. The Bertz CT molecular complexity index is 1620. The average molecular weight is 533 g/mol. The summed E-state index contributed by atoms with van der Waals surface area (Å²) in [6.45, 7) is 1.50. The molecule has 3 aromatic heterocycles. The number of hydrogen-bond donors (Lipinski definition) is 0. The standard InChI is InChI=1S/C25H17F6N5O2/c1-14-11-20(24(26,27)28)34-36(14)15-7-9-16(10-8-15)37-21-12-18-23(32-13-35(18)2)22(33-21)17-5-3-4-6-19(17)38-25(29,30)31/h3-13H,1-2H3. The van der Waals surface area contributed by atoms with Crippen LogP contribution in [-0.4, -0.2) is 30.7 Å². The number of aryl methyl sites for hydroxylation is 2. The molecule has 3 heterocycles. The predicted molar refractivity (Wildman–Crippen MR) is 124 cm³/mol. The van der Waals surface area contributed by atoms with Crippen molar-refractivity contribution in [3.8, 4) is 34.3 Å². The van der Waals surface area contributed by atoms with Crippen LogP contribution in [0, 0.1) is 6.92 Å². The van der Waals surface area contributed by atoms with Crippen LogP contribution in [0.25, 0.3) is 28.0 Å². The molecule has 5 aromatic rings. The molecule has 0 radical (unpaired) electrons. The molecular formula is C25H17F6N5O2. The van der Waals surface area contributed by atoms with Gasteiger partial charge in [-0.05, 0) is 49.4 Å². The van der Waals surface area contributed by atoms with Gasteiger partial charge in [-0.25, -0.2) is 14.6 Å². The maximum absolute atomic E-state index is 13.0. The lowest BCUT2D eigenvalue weighted by molar-refractivity contribution is -0.274. The third-order valence-corrected chi connectivity index (χ3v) is 5.54. The van der Waals surface area contributed by atoms with Gasteiger partial charge in [0.05, 0.1) is 17.5 Å². The maximum atomic E-state index is 13.0. The number of benzene rings is 2. The second-order valence-electron chi connectivity index (χ2n) is 8.25. The van der Waals surface area contributed by atoms with Crippen molar-refractivity contribution in [3.63, 3.8) is 0 Å². The third-order valence-electron chi connectivity index (χ3n) is 5.54. The van der Waals surface area contributed by atoms with E-state index in [9.17, 15) is 26.3 Å². The molecule has 0 aliphatic heterocycles. The maximum Gasteiger partial charge on any atom is 0.573 e. The van der Waals surface area contributed by atoms with Crippen LogP contribution in [0.4, 0.5) is 26.3 Å². The Labute approximate surface area is 210 Å². The summed E-state index contributed by atoms with van der Waals surface area (Å²) in [5.41, 5.74) is 0.702. The quantitative estimate of drug-likeness (QED) is 0.232. The van der Waals surface area contributed by atoms with Gasteiger partial charge in [-0.1, -0.05) is 12.1 Å². The highest BCUT2D eigenvalue weighted by Crippen LogP contribution is 2.38. The molecule has 5 rings (SSSR count). The Kier molecular flexibility index (Phi) is 6.00. The zero-order valence-corrected chi connectivity index (χ0v) is 19.7. The molecule has 0 aliphatic carbocycles. The number of nitrogens with zero attached hydrogens (tertiary/aromatic N) is 5.